The molecule has 2 heterocycles. The number of piperazine rings is 1. The Labute approximate surface area is 168 Å². The maximum Gasteiger partial charge on any atom is 0.253 e. The molecule has 6 nitrogen and oxygen atoms in total. The molecule has 28 heavy (non-hydrogen) atoms. The average molecular weight is 397 g/mol. The Hall–Kier alpha value is -2.70. The summed E-state index contributed by atoms with van der Waals surface area (Å²) >= 11 is 5.91. The predicted molar refractivity (Wildman–Crippen MR) is 107 cm³/mol. The van der Waals surface area contributed by atoms with Crippen LogP contribution in [0.2, 0.25) is 5.02 Å². The van der Waals surface area contributed by atoms with Crippen LogP contribution in [0.1, 0.15) is 21.8 Å². The molecule has 1 aliphatic heterocycles. The molecule has 7 heteroatoms. The fourth-order valence-corrected chi connectivity index (χ4v) is 3.34. The molecule has 1 saturated heterocycles. The molecule has 0 N–H and O–H groups in total. The summed E-state index contributed by atoms with van der Waals surface area (Å²) in [4.78, 5) is 21.2. The van der Waals surface area contributed by atoms with Crippen LogP contribution < -0.4 is 0 Å². The van der Waals surface area contributed by atoms with Gasteiger partial charge in [0.05, 0.1) is 6.54 Å². The number of hydrogen-bond donors (Lipinski definition) is 0. The monoisotopic (exact) mass is 396 g/mol. The van der Waals surface area contributed by atoms with Gasteiger partial charge in [-0.05, 0) is 43.3 Å². The highest BCUT2D eigenvalue weighted by molar-refractivity contribution is 6.30. The van der Waals surface area contributed by atoms with Gasteiger partial charge in [-0.3, -0.25) is 9.69 Å². The average Bonchev–Trinajstić information content (AvgIpc) is 3.18. The third-order valence-corrected chi connectivity index (χ3v) is 5.14. The summed E-state index contributed by atoms with van der Waals surface area (Å²) in [6, 6.07) is 15.1. The van der Waals surface area contributed by atoms with Crippen molar-refractivity contribution in [2.45, 2.75) is 13.5 Å². The zero-order valence-corrected chi connectivity index (χ0v) is 16.4. The quantitative estimate of drug-likeness (QED) is 0.673. The van der Waals surface area contributed by atoms with Gasteiger partial charge in [-0.1, -0.05) is 34.5 Å². The molecule has 1 fully saturated rings. The topological polar surface area (TPSA) is 62.5 Å². The molecule has 1 aliphatic rings. The van der Waals surface area contributed by atoms with E-state index in [2.05, 4.69) is 15.0 Å². The van der Waals surface area contributed by atoms with Crippen molar-refractivity contribution < 1.29 is 9.32 Å². The predicted octanol–water partition coefficient (Wildman–Crippen LogP) is 3.66. The number of nitrogens with zero attached hydrogens (tertiary/aromatic N) is 4. The number of amides is 1. The molecular formula is C21H21ClN4O2. The van der Waals surface area contributed by atoms with Crippen molar-refractivity contribution in [2.75, 3.05) is 26.2 Å². The number of carbonyl (C=O) groups is 1. The number of aromatic nitrogens is 2. The summed E-state index contributed by atoms with van der Waals surface area (Å²) in [7, 11) is 0. The van der Waals surface area contributed by atoms with Gasteiger partial charge in [-0.15, -0.1) is 0 Å². The molecule has 0 radical (unpaired) electrons. The van der Waals surface area contributed by atoms with Gasteiger partial charge in [0.15, 0.2) is 0 Å². The van der Waals surface area contributed by atoms with Gasteiger partial charge in [0.2, 0.25) is 11.7 Å². The minimum absolute atomic E-state index is 0.0856. The summed E-state index contributed by atoms with van der Waals surface area (Å²) in [6.07, 6.45) is 0. The van der Waals surface area contributed by atoms with Gasteiger partial charge in [0, 0.05) is 42.3 Å². The molecule has 0 aliphatic carbocycles. The summed E-state index contributed by atoms with van der Waals surface area (Å²) in [5, 5.41) is 4.72. The number of halogens is 1. The molecule has 0 unspecified atom stereocenters. The fraction of sp³-hybridized carbons (Fsp3) is 0.286. The highest BCUT2D eigenvalue weighted by Crippen LogP contribution is 2.19. The molecule has 1 amide bonds. The fourth-order valence-electron chi connectivity index (χ4n) is 3.21. The van der Waals surface area contributed by atoms with E-state index in [9.17, 15) is 4.79 Å². The van der Waals surface area contributed by atoms with Gasteiger partial charge in [0.25, 0.3) is 5.91 Å². The largest absolute Gasteiger partial charge is 0.338 e. The van der Waals surface area contributed by atoms with Crippen LogP contribution in [0.25, 0.3) is 11.4 Å². The maximum absolute atomic E-state index is 12.6. The van der Waals surface area contributed by atoms with Gasteiger partial charge < -0.3 is 9.42 Å². The van der Waals surface area contributed by atoms with Crippen molar-refractivity contribution in [2.24, 2.45) is 0 Å². The Balaban J connectivity index is 1.33. The van der Waals surface area contributed by atoms with Gasteiger partial charge >= 0.3 is 0 Å². The van der Waals surface area contributed by atoms with E-state index in [1.807, 2.05) is 48.2 Å². The van der Waals surface area contributed by atoms with E-state index >= 15 is 0 Å². The first-order chi connectivity index (χ1) is 13.6. The molecule has 0 bridgehead atoms. The first-order valence-corrected chi connectivity index (χ1v) is 9.63. The number of hydrogen-bond acceptors (Lipinski definition) is 5. The smallest absolute Gasteiger partial charge is 0.253 e. The molecule has 0 spiro atoms. The molecule has 144 valence electrons. The molecule has 1 aromatic heterocycles. The third kappa shape index (κ3) is 4.24. The second kappa shape index (κ2) is 8.12. The highest BCUT2D eigenvalue weighted by atomic mass is 35.5. The standard InChI is InChI=1S/C21H21ClN4O2/c1-15-2-4-17(5-3-15)21(27)26-12-10-25(11-13-26)14-19-23-20(24-28-19)16-6-8-18(22)9-7-16/h2-9H,10-14H2,1H3. The SMILES string of the molecule is Cc1ccc(C(=O)N2CCN(Cc3nc(-c4ccc(Cl)cc4)no3)CC2)cc1. The Morgan fingerprint density at radius 1 is 1.04 bits per heavy atom. The zero-order chi connectivity index (χ0) is 19.5. The number of benzene rings is 2. The van der Waals surface area contributed by atoms with Crippen LogP contribution in [0.3, 0.4) is 0 Å². The van der Waals surface area contributed by atoms with E-state index in [1.54, 1.807) is 12.1 Å². The minimum atomic E-state index is 0.0856. The van der Waals surface area contributed by atoms with Crippen molar-refractivity contribution >= 4 is 17.5 Å². The van der Waals surface area contributed by atoms with Gasteiger partial charge in [0.1, 0.15) is 0 Å². The Morgan fingerprint density at radius 3 is 2.39 bits per heavy atom. The normalized spacial score (nSPS) is 15.0. The summed E-state index contributed by atoms with van der Waals surface area (Å²) < 4.78 is 5.39. The van der Waals surface area contributed by atoms with Crippen LogP contribution in [0.5, 0.6) is 0 Å². The molecule has 3 aromatic rings. The zero-order valence-electron chi connectivity index (χ0n) is 15.6. The van der Waals surface area contributed by atoms with E-state index in [1.165, 1.54) is 0 Å². The van der Waals surface area contributed by atoms with Crippen LogP contribution in [0.4, 0.5) is 0 Å². The van der Waals surface area contributed by atoms with E-state index in [4.69, 9.17) is 16.1 Å². The highest BCUT2D eigenvalue weighted by Gasteiger charge is 2.23. The number of carbonyl (C=O) groups excluding carboxylic acids is 1. The number of aryl methyl sites for hydroxylation is 1. The molecule has 0 atom stereocenters. The molecular weight excluding hydrogens is 376 g/mol. The summed E-state index contributed by atoms with van der Waals surface area (Å²) in [5.74, 6) is 1.21. The Bertz CT molecular complexity index is 945. The van der Waals surface area contributed by atoms with Crippen LogP contribution in [0.15, 0.2) is 53.1 Å². The first kappa shape index (κ1) is 18.7. The first-order valence-electron chi connectivity index (χ1n) is 9.25. The molecule has 4 rings (SSSR count). The van der Waals surface area contributed by atoms with Crippen molar-refractivity contribution in [1.29, 1.82) is 0 Å². The summed E-state index contributed by atoms with van der Waals surface area (Å²) in [6.45, 7) is 5.51. The molecule has 0 saturated carbocycles. The van der Waals surface area contributed by atoms with E-state index < -0.39 is 0 Å². The lowest BCUT2D eigenvalue weighted by Crippen LogP contribution is -2.48. The van der Waals surface area contributed by atoms with Crippen molar-refractivity contribution in [3.05, 3.63) is 70.6 Å². The summed E-state index contributed by atoms with van der Waals surface area (Å²) in [5.41, 5.74) is 2.76. The van der Waals surface area contributed by atoms with Crippen molar-refractivity contribution in [3.8, 4) is 11.4 Å². The van der Waals surface area contributed by atoms with Gasteiger partial charge in [-0.2, -0.15) is 4.98 Å². The number of rotatable bonds is 4. The van der Waals surface area contributed by atoms with Crippen LogP contribution >= 0.6 is 11.6 Å². The second-order valence-corrected chi connectivity index (χ2v) is 7.39. The van der Waals surface area contributed by atoms with Gasteiger partial charge in [-0.25, -0.2) is 0 Å². The minimum Gasteiger partial charge on any atom is -0.338 e. The lowest BCUT2D eigenvalue weighted by molar-refractivity contribution is 0.0615. The van der Waals surface area contributed by atoms with Crippen LogP contribution in [-0.4, -0.2) is 52.0 Å². The van der Waals surface area contributed by atoms with E-state index in [-0.39, 0.29) is 5.91 Å². The Kier molecular flexibility index (Phi) is 5.41. The van der Waals surface area contributed by atoms with E-state index in [0.29, 0.717) is 36.4 Å². The Morgan fingerprint density at radius 2 is 1.71 bits per heavy atom. The van der Waals surface area contributed by atoms with Crippen molar-refractivity contribution in [1.82, 2.24) is 19.9 Å². The van der Waals surface area contributed by atoms with E-state index in [0.717, 1.165) is 29.8 Å². The van der Waals surface area contributed by atoms with Crippen LogP contribution in [0, 0.1) is 6.92 Å². The third-order valence-electron chi connectivity index (χ3n) is 4.89. The van der Waals surface area contributed by atoms with Crippen molar-refractivity contribution in [3.63, 3.8) is 0 Å². The van der Waals surface area contributed by atoms with Crippen LogP contribution in [-0.2, 0) is 6.54 Å². The molecule has 2 aromatic carbocycles. The maximum atomic E-state index is 12.6. The lowest BCUT2D eigenvalue weighted by Gasteiger charge is -2.34. The second-order valence-electron chi connectivity index (χ2n) is 6.95. The lowest BCUT2D eigenvalue weighted by atomic mass is 10.1.